The highest BCUT2D eigenvalue weighted by Crippen LogP contribution is 2.31. The highest BCUT2D eigenvalue weighted by Gasteiger charge is 2.17. The summed E-state index contributed by atoms with van der Waals surface area (Å²) in [5, 5.41) is 10.2. The van der Waals surface area contributed by atoms with E-state index in [4.69, 9.17) is 9.47 Å². The van der Waals surface area contributed by atoms with Gasteiger partial charge in [0.1, 0.15) is 4.88 Å². The standard InChI is InChI=1S/C13H14O4S/c1-16-6-7-17-8-10-9-4-2-3-5-11(9)18-12(10)13(14)15/h2-5H,6-8H2,1H3,(H,14,15). The van der Waals surface area contributed by atoms with E-state index in [-0.39, 0.29) is 0 Å². The Balaban J connectivity index is 2.27. The number of methoxy groups -OCH3 is 1. The molecule has 0 spiro atoms. The van der Waals surface area contributed by atoms with Gasteiger partial charge in [-0.1, -0.05) is 18.2 Å². The molecule has 0 aliphatic carbocycles. The second kappa shape index (κ2) is 5.95. The van der Waals surface area contributed by atoms with Gasteiger partial charge in [-0.2, -0.15) is 0 Å². The highest BCUT2D eigenvalue weighted by atomic mass is 32.1. The lowest BCUT2D eigenvalue weighted by atomic mass is 10.1. The monoisotopic (exact) mass is 266 g/mol. The number of aromatic carboxylic acids is 1. The molecule has 0 atom stereocenters. The predicted octanol–water partition coefficient (Wildman–Crippen LogP) is 2.76. The van der Waals surface area contributed by atoms with Crippen LogP contribution in [0, 0.1) is 0 Å². The third kappa shape index (κ3) is 2.69. The van der Waals surface area contributed by atoms with Crippen molar-refractivity contribution >= 4 is 27.4 Å². The third-order valence-electron chi connectivity index (χ3n) is 2.57. The molecule has 18 heavy (non-hydrogen) atoms. The molecule has 0 fully saturated rings. The second-order valence-electron chi connectivity index (χ2n) is 3.76. The lowest BCUT2D eigenvalue weighted by Crippen LogP contribution is -2.04. The molecule has 0 bridgehead atoms. The number of rotatable bonds is 6. The first-order valence-corrected chi connectivity index (χ1v) is 6.36. The fourth-order valence-corrected chi connectivity index (χ4v) is 2.78. The van der Waals surface area contributed by atoms with Crippen LogP contribution in [0.2, 0.25) is 0 Å². The number of hydrogen-bond donors (Lipinski definition) is 1. The van der Waals surface area contributed by atoms with E-state index < -0.39 is 5.97 Å². The second-order valence-corrected chi connectivity index (χ2v) is 4.81. The smallest absolute Gasteiger partial charge is 0.346 e. The number of thiophene rings is 1. The summed E-state index contributed by atoms with van der Waals surface area (Å²) in [5.41, 5.74) is 0.749. The van der Waals surface area contributed by atoms with Crippen molar-refractivity contribution in [2.75, 3.05) is 20.3 Å². The average molecular weight is 266 g/mol. The third-order valence-corrected chi connectivity index (χ3v) is 3.77. The molecule has 1 aromatic carbocycles. The van der Waals surface area contributed by atoms with Gasteiger partial charge in [0.05, 0.1) is 19.8 Å². The van der Waals surface area contributed by atoms with Crippen LogP contribution >= 0.6 is 11.3 Å². The van der Waals surface area contributed by atoms with Crippen molar-refractivity contribution in [3.05, 3.63) is 34.7 Å². The van der Waals surface area contributed by atoms with Crippen molar-refractivity contribution in [2.45, 2.75) is 6.61 Å². The van der Waals surface area contributed by atoms with E-state index in [0.29, 0.717) is 24.7 Å². The van der Waals surface area contributed by atoms with Crippen LogP contribution in [0.1, 0.15) is 15.2 Å². The summed E-state index contributed by atoms with van der Waals surface area (Å²) in [5.74, 6) is -0.901. The predicted molar refractivity (Wildman–Crippen MR) is 70.3 cm³/mol. The maximum absolute atomic E-state index is 11.2. The molecular formula is C13H14O4S. The molecule has 0 unspecified atom stereocenters. The van der Waals surface area contributed by atoms with Crippen molar-refractivity contribution in [3.8, 4) is 0 Å². The average Bonchev–Trinajstić information content (AvgIpc) is 2.74. The highest BCUT2D eigenvalue weighted by molar-refractivity contribution is 7.21. The zero-order chi connectivity index (χ0) is 13.0. The number of carboxylic acids is 1. The Morgan fingerprint density at radius 2 is 2.11 bits per heavy atom. The summed E-state index contributed by atoms with van der Waals surface area (Å²) in [7, 11) is 1.60. The number of benzene rings is 1. The molecule has 0 aliphatic heterocycles. The van der Waals surface area contributed by atoms with Crippen LogP contribution in [0.3, 0.4) is 0 Å². The van der Waals surface area contributed by atoms with Crippen molar-refractivity contribution in [1.29, 1.82) is 0 Å². The van der Waals surface area contributed by atoms with E-state index >= 15 is 0 Å². The van der Waals surface area contributed by atoms with Gasteiger partial charge in [0.15, 0.2) is 0 Å². The Morgan fingerprint density at radius 3 is 2.83 bits per heavy atom. The SMILES string of the molecule is COCCOCc1c(C(=O)O)sc2ccccc12. The zero-order valence-corrected chi connectivity index (χ0v) is 10.8. The van der Waals surface area contributed by atoms with Crippen LogP contribution in [0.4, 0.5) is 0 Å². The molecule has 0 saturated heterocycles. The summed E-state index contributed by atoms with van der Waals surface area (Å²) >= 11 is 1.28. The van der Waals surface area contributed by atoms with Gasteiger partial charge in [-0.15, -0.1) is 11.3 Å². The number of fused-ring (bicyclic) bond motifs is 1. The largest absolute Gasteiger partial charge is 0.477 e. The molecule has 1 heterocycles. The number of carbonyl (C=O) groups is 1. The Hall–Kier alpha value is -1.43. The molecule has 0 amide bonds. The molecule has 1 N–H and O–H groups in total. The van der Waals surface area contributed by atoms with Crippen molar-refractivity contribution in [2.24, 2.45) is 0 Å². The molecule has 1 aromatic heterocycles. The van der Waals surface area contributed by atoms with Crippen LogP contribution in [-0.4, -0.2) is 31.4 Å². The topological polar surface area (TPSA) is 55.8 Å². The first-order valence-electron chi connectivity index (χ1n) is 5.54. The molecular weight excluding hydrogens is 252 g/mol. The number of hydrogen-bond acceptors (Lipinski definition) is 4. The maximum atomic E-state index is 11.2. The minimum Gasteiger partial charge on any atom is -0.477 e. The minimum atomic E-state index is -0.901. The summed E-state index contributed by atoms with van der Waals surface area (Å²) in [6.07, 6.45) is 0. The first kappa shape index (κ1) is 13.0. The summed E-state index contributed by atoms with van der Waals surface area (Å²) in [6.45, 7) is 1.26. The van der Waals surface area contributed by atoms with Gasteiger partial charge in [0, 0.05) is 17.4 Å². The molecule has 0 saturated carbocycles. The molecule has 0 radical (unpaired) electrons. The number of ether oxygens (including phenoxy) is 2. The van der Waals surface area contributed by atoms with Crippen molar-refractivity contribution < 1.29 is 19.4 Å². The van der Waals surface area contributed by atoms with Gasteiger partial charge in [-0.25, -0.2) is 4.79 Å². The van der Waals surface area contributed by atoms with E-state index in [1.165, 1.54) is 11.3 Å². The summed E-state index contributed by atoms with van der Waals surface area (Å²) < 4.78 is 11.3. The molecule has 0 aliphatic rings. The molecule has 2 aromatic rings. The Kier molecular flexibility index (Phi) is 4.30. The van der Waals surface area contributed by atoms with E-state index in [0.717, 1.165) is 15.6 Å². The van der Waals surface area contributed by atoms with Crippen LogP contribution in [0.25, 0.3) is 10.1 Å². The fourth-order valence-electron chi connectivity index (χ4n) is 1.73. The number of carboxylic acid groups (broad SMARTS) is 1. The minimum absolute atomic E-state index is 0.301. The van der Waals surface area contributed by atoms with Crippen molar-refractivity contribution in [1.82, 2.24) is 0 Å². The van der Waals surface area contributed by atoms with Gasteiger partial charge in [0.2, 0.25) is 0 Å². The van der Waals surface area contributed by atoms with Crippen molar-refractivity contribution in [3.63, 3.8) is 0 Å². The Morgan fingerprint density at radius 1 is 1.33 bits per heavy atom. The van der Waals surface area contributed by atoms with E-state index in [1.807, 2.05) is 24.3 Å². The van der Waals surface area contributed by atoms with Gasteiger partial charge in [-0.05, 0) is 11.5 Å². The van der Waals surface area contributed by atoms with Crippen LogP contribution in [-0.2, 0) is 16.1 Å². The molecule has 4 nitrogen and oxygen atoms in total. The van der Waals surface area contributed by atoms with E-state index in [2.05, 4.69) is 0 Å². The Bertz CT molecular complexity index is 547. The molecule has 2 rings (SSSR count). The van der Waals surface area contributed by atoms with Gasteiger partial charge < -0.3 is 14.6 Å². The quantitative estimate of drug-likeness (QED) is 0.817. The van der Waals surface area contributed by atoms with Crippen LogP contribution in [0.5, 0.6) is 0 Å². The maximum Gasteiger partial charge on any atom is 0.346 e. The Labute approximate surface area is 109 Å². The molecule has 5 heteroatoms. The normalized spacial score (nSPS) is 10.9. The summed E-state index contributed by atoms with van der Waals surface area (Å²) in [4.78, 5) is 11.6. The van der Waals surface area contributed by atoms with Crippen LogP contribution in [0.15, 0.2) is 24.3 Å². The van der Waals surface area contributed by atoms with E-state index in [9.17, 15) is 9.90 Å². The molecule has 96 valence electrons. The van der Waals surface area contributed by atoms with E-state index in [1.54, 1.807) is 7.11 Å². The lowest BCUT2D eigenvalue weighted by Gasteiger charge is -2.04. The fraction of sp³-hybridized carbons (Fsp3) is 0.308. The zero-order valence-electron chi connectivity index (χ0n) is 10.0. The van der Waals surface area contributed by atoms with Gasteiger partial charge in [0.25, 0.3) is 0 Å². The lowest BCUT2D eigenvalue weighted by molar-refractivity contribution is 0.0598. The van der Waals surface area contributed by atoms with Gasteiger partial charge in [-0.3, -0.25) is 0 Å². The summed E-state index contributed by atoms with van der Waals surface area (Å²) in [6, 6.07) is 7.65. The first-order chi connectivity index (χ1) is 8.74. The van der Waals surface area contributed by atoms with Crippen LogP contribution < -0.4 is 0 Å². The van der Waals surface area contributed by atoms with Gasteiger partial charge >= 0.3 is 5.97 Å².